The van der Waals surface area contributed by atoms with Crippen LogP contribution in [0.1, 0.15) is 32.1 Å². The largest absolute Gasteiger partial charge is 0.356 e. The van der Waals surface area contributed by atoms with E-state index in [1.165, 1.54) is 6.26 Å². The van der Waals surface area contributed by atoms with E-state index < -0.39 is 9.84 Å². The highest BCUT2D eigenvalue weighted by Gasteiger charge is 2.27. The van der Waals surface area contributed by atoms with Gasteiger partial charge in [0.25, 0.3) is 0 Å². The summed E-state index contributed by atoms with van der Waals surface area (Å²) in [5.74, 6) is -0.00280. The zero-order valence-corrected chi connectivity index (χ0v) is 11.1. The lowest BCUT2D eigenvalue weighted by atomic mass is 9.84. The molecule has 1 aliphatic carbocycles. The van der Waals surface area contributed by atoms with E-state index >= 15 is 0 Å². The number of carbonyl (C=O) groups is 1. The number of nitrogens with one attached hydrogen (secondary N) is 1. The Morgan fingerprint density at radius 1 is 1.35 bits per heavy atom. The first-order valence-electron chi connectivity index (χ1n) is 6.11. The van der Waals surface area contributed by atoms with Crippen LogP contribution in [0.15, 0.2) is 0 Å². The SMILES string of the molecule is CS(=O)(=O)CCCNC(=O)C1CCCCC1N. The molecule has 0 spiro atoms. The minimum atomic E-state index is -2.93. The van der Waals surface area contributed by atoms with Crippen molar-refractivity contribution in [1.29, 1.82) is 0 Å². The summed E-state index contributed by atoms with van der Waals surface area (Å²) in [5.41, 5.74) is 5.90. The Bertz CT molecular complexity index is 354. The molecule has 0 saturated heterocycles. The number of sulfone groups is 1. The van der Waals surface area contributed by atoms with E-state index in [2.05, 4.69) is 5.32 Å². The second-order valence-corrected chi connectivity index (χ2v) is 7.09. The molecule has 0 bridgehead atoms. The van der Waals surface area contributed by atoms with Crippen molar-refractivity contribution in [2.45, 2.75) is 38.1 Å². The van der Waals surface area contributed by atoms with Gasteiger partial charge >= 0.3 is 0 Å². The predicted octanol–water partition coefficient (Wildman–Crippen LogP) is 0.0548. The molecule has 6 heteroatoms. The summed E-state index contributed by atoms with van der Waals surface area (Å²) in [6.45, 7) is 0.412. The molecule has 100 valence electrons. The molecule has 5 nitrogen and oxygen atoms in total. The zero-order valence-electron chi connectivity index (χ0n) is 10.3. The smallest absolute Gasteiger partial charge is 0.224 e. The molecule has 0 aliphatic heterocycles. The van der Waals surface area contributed by atoms with Crippen molar-refractivity contribution < 1.29 is 13.2 Å². The van der Waals surface area contributed by atoms with Crippen LogP contribution in [0.4, 0.5) is 0 Å². The van der Waals surface area contributed by atoms with Gasteiger partial charge in [0.05, 0.1) is 11.7 Å². The molecule has 2 atom stereocenters. The maximum Gasteiger partial charge on any atom is 0.224 e. The van der Waals surface area contributed by atoms with Crippen molar-refractivity contribution in [3.05, 3.63) is 0 Å². The van der Waals surface area contributed by atoms with E-state index in [0.717, 1.165) is 25.7 Å². The Labute approximate surface area is 103 Å². The van der Waals surface area contributed by atoms with Crippen molar-refractivity contribution in [2.24, 2.45) is 11.7 Å². The molecule has 17 heavy (non-hydrogen) atoms. The fraction of sp³-hybridized carbons (Fsp3) is 0.909. The van der Waals surface area contributed by atoms with Crippen molar-refractivity contribution in [3.63, 3.8) is 0 Å². The third-order valence-electron chi connectivity index (χ3n) is 3.15. The maximum absolute atomic E-state index is 11.8. The first-order chi connectivity index (χ1) is 7.90. The van der Waals surface area contributed by atoms with Gasteiger partial charge in [-0.15, -0.1) is 0 Å². The van der Waals surface area contributed by atoms with Crippen LogP contribution in [0, 0.1) is 5.92 Å². The summed E-state index contributed by atoms with van der Waals surface area (Å²) < 4.78 is 21.8. The second-order valence-electron chi connectivity index (χ2n) is 4.83. The highest BCUT2D eigenvalue weighted by molar-refractivity contribution is 7.90. The van der Waals surface area contributed by atoms with Crippen LogP contribution >= 0.6 is 0 Å². The van der Waals surface area contributed by atoms with Gasteiger partial charge in [0.15, 0.2) is 0 Å². The predicted molar refractivity (Wildman–Crippen MR) is 67.3 cm³/mol. The quantitative estimate of drug-likeness (QED) is 0.685. The topological polar surface area (TPSA) is 89.3 Å². The molecule has 1 rings (SSSR count). The van der Waals surface area contributed by atoms with Crippen molar-refractivity contribution in [1.82, 2.24) is 5.32 Å². The van der Waals surface area contributed by atoms with Gasteiger partial charge in [-0.2, -0.15) is 0 Å². The molecule has 0 aromatic carbocycles. The Hall–Kier alpha value is -0.620. The van der Waals surface area contributed by atoms with E-state index in [1.54, 1.807) is 0 Å². The van der Waals surface area contributed by atoms with Crippen molar-refractivity contribution in [2.75, 3.05) is 18.6 Å². The zero-order chi connectivity index (χ0) is 12.9. The highest BCUT2D eigenvalue weighted by Crippen LogP contribution is 2.22. The summed E-state index contributed by atoms with van der Waals surface area (Å²) in [5, 5.41) is 2.77. The molecule has 0 aromatic rings. The molecule has 0 aromatic heterocycles. The third-order valence-corrected chi connectivity index (χ3v) is 4.18. The summed E-state index contributed by atoms with van der Waals surface area (Å²) in [6.07, 6.45) is 5.56. The minimum absolute atomic E-state index is 0.0225. The van der Waals surface area contributed by atoms with Crippen LogP contribution in [-0.4, -0.2) is 38.9 Å². The van der Waals surface area contributed by atoms with E-state index in [4.69, 9.17) is 5.73 Å². The molecule has 3 N–H and O–H groups in total. The first kappa shape index (κ1) is 14.4. The molecule has 1 aliphatic rings. The van der Waals surface area contributed by atoms with Gasteiger partial charge in [-0.3, -0.25) is 4.79 Å². The van der Waals surface area contributed by atoms with Crippen LogP contribution in [-0.2, 0) is 14.6 Å². The number of amides is 1. The Morgan fingerprint density at radius 3 is 2.59 bits per heavy atom. The lowest BCUT2D eigenvalue weighted by molar-refractivity contribution is -0.126. The first-order valence-corrected chi connectivity index (χ1v) is 8.17. The molecule has 0 radical (unpaired) electrons. The van der Waals surface area contributed by atoms with Crippen LogP contribution in [0.5, 0.6) is 0 Å². The highest BCUT2D eigenvalue weighted by atomic mass is 32.2. The van der Waals surface area contributed by atoms with Gasteiger partial charge < -0.3 is 11.1 Å². The number of hydrogen-bond acceptors (Lipinski definition) is 4. The standard InChI is InChI=1S/C11H22N2O3S/c1-17(15,16)8-4-7-13-11(14)9-5-2-3-6-10(9)12/h9-10H,2-8,12H2,1H3,(H,13,14). The third kappa shape index (κ3) is 5.50. The van der Waals surface area contributed by atoms with E-state index in [-0.39, 0.29) is 23.6 Å². The van der Waals surface area contributed by atoms with Gasteiger partial charge in [-0.05, 0) is 19.3 Å². The average Bonchev–Trinajstić information content (AvgIpc) is 2.23. The van der Waals surface area contributed by atoms with E-state index in [1.807, 2.05) is 0 Å². The van der Waals surface area contributed by atoms with Gasteiger partial charge in [-0.25, -0.2) is 8.42 Å². The van der Waals surface area contributed by atoms with Crippen LogP contribution < -0.4 is 11.1 Å². The molecule has 1 amide bonds. The van der Waals surface area contributed by atoms with Crippen LogP contribution in [0.25, 0.3) is 0 Å². The number of carbonyl (C=O) groups excluding carboxylic acids is 1. The lowest BCUT2D eigenvalue weighted by Gasteiger charge is -2.27. The number of hydrogen-bond donors (Lipinski definition) is 2. The summed E-state index contributed by atoms with van der Waals surface area (Å²) in [4.78, 5) is 11.8. The summed E-state index contributed by atoms with van der Waals surface area (Å²) in [7, 11) is -2.93. The fourth-order valence-corrected chi connectivity index (χ4v) is 2.83. The molecule has 1 fully saturated rings. The summed E-state index contributed by atoms with van der Waals surface area (Å²) >= 11 is 0. The molecule has 0 heterocycles. The average molecular weight is 262 g/mol. The van der Waals surface area contributed by atoms with Crippen molar-refractivity contribution >= 4 is 15.7 Å². The number of nitrogens with two attached hydrogens (primary N) is 1. The minimum Gasteiger partial charge on any atom is -0.356 e. The van der Waals surface area contributed by atoms with Crippen molar-refractivity contribution in [3.8, 4) is 0 Å². The van der Waals surface area contributed by atoms with Gasteiger partial charge in [0.2, 0.25) is 5.91 Å². The van der Waals surface area contributed by atoms with Gasteiger partial charge in [0.1, 0.15) is 9.84 Å². The summed E-state index contributed by atoms with van der Waals surface area (Å²) in [6, 6.07) is -0.0429. The maximum atomic E-state index is 11.8. The Balaban J connectivity index is 2.24. The normalized spacial score (nSPS) is 25.5. The van der Waals surface area contributed by atoms with Crippen LogP contribution in [0.2, 0.25) is 0 Å². The molecule has 1 saturated carbocycles. The second kappa shape index (κ2) is 6.35. The lowest BCUT2D eigenvalue weighted by Crippen LogP contribution is -2.44. The van der Waals surface area contributed by atoms with Gasteiger partial charge in [0, 0.05) is 18.8 Å². The van der Waals surface area contributed by atoms with Gasteiger partial charge in [-0.1, -0.05) is 12.8 Å². The monoisotopic (exact) mass is 262 g/mol. The van der Waals surface area contributed by atoms with E-state index in [9.17, 15) is 13.2 Å². The van der Waals surface area contributed by atoms with Crippen LogP contribution in [0.3, 0.4) is 0 Å². The Morgan fingerprint density at radius 2 is 2.00 bits per heavy atom. The molecular weight excluding hydrogens is 240 g/mol. The number of rotatable bonds is 5. The Kier molecular flexibility index (Phi) is 5.39. The molecular formula is C11H22N2O3S. The van der Waals surface area contributed by atoms with E-state index in [0.29, 0.717) is 13.0 Å². The molecule has 2 unspecified atom stereocenters. The fourth-order valence-electron chi connectivity index (χ4n) is 2.16.